The molecule has 0 aliphatic heterocycles. The van der Waals surface area contributed by atoms with Gasteiger partial charge in [0.1, 0.15) is 5.75 Å². The number of nitro groups is 1. The van der Waals surface area contributed by atoms with Gasteiger partial charge in [0.25, 0.3) is 5.69 Å². The van der Waals surface area contributed by atoms with Crippen LogP contribution in [-0.2, 0) is 0 Å². The summed E-state index contributed by atoms with van der Waals surface area (Å²) in [4.78, 5) is 9.98. The number of rotatable bonds is 2. The second kappa shape index (κ2) is 3.81. The van der Waals surface area contributed by atoms with Crippen molar-refractivity contribution in [1.82, 2.24) is 0 Å². The molecule has 1 atom stereocenters. The number of nitro benzene ring substituents is 1. The Bertz CT molecular complexity index is 379. The highest BCUT2D eigenvalue weighted by atomic mass is 35.5. The van der Waals surface area contributed by atoms with Crippen molar-refractivity contribution in [3.8, 4) is 5.75 Å². The predicted molar refractivity (Wildman–Crippen MR) is 52.4 cm³/mol. The molecule has 0 aliphatic carbocycles. The Morgan fingerprint density at radius 2 is 2.21 bits per heavy atom. The zero-order valence-electron chi connectivity index (χ0n) is 7.40. The van der Waals surface area contributed by atoms with Gasteiger partial charge in [-0.25, -0.2) is 0 Å². The van der Waals surface area contributed by atoms with Crippen molar-refractivity contribution < 1.29 is 10.0 Å². The zero-order valence-corrected chi connectivity index (χ0v) is 8.15. The van der Waals surface area contributed by atoms with Gasteiger partial charge in [-0.3, -0.25) is 10.1 Å². The molecule has 0 spiro atoms. The molecule has 14 heavy (non-hydrogen) atoms. The van der Waals surface area contributed by atoms with Gasteiger partial charge in [0.2, 0.25) is 0 Å². The van der Waals surface area contributed by atoms with Crippen LogP contribution in [0, 0.1) is 10.1 Å². The summed E-state index contributed by atoms with van der Waals surface area (Å²) >= 11 is 5.61. The number of aromatic hydroxyl groups is 1. The lowest BCUT2D eigenvalue weighted by atomic mass is 10.1. The molecule has 0 radical (unpaired) electrons. The average molecular weight is 217 g/mol. The van der Waals surface area contributed by atoms with Gasteiger partial charge in [0.05, 0.1) is 15.5 Å². The Labute approximate surface area is 85.3 Å². The molecule has 1 aromatic rings. The number of halogens is 1. The van der Waals surface area contributed by atoms with E-state index in [1.165, 1.54) is 12.1 Å². The van der Waals surface area contributed by atoms with Gasteiger partial charge in [-0.15, -0.1) is 0 Å². The number of nitrogens with two attached hydrogens (primary N) is 1. The molecule has 0 bridgehead atoms. The molecule has 5 nitrogen and oxygen atoms in total. The van der Waals surface area contributed by atoms with Gasteiger partial charge in [0, 0.05) is 12.1 Å². The Morgan fingerprint density at radius 1 is 1.64 bits per heavy atom. The molecule has 1 unspecified atom stereocenters. The van der Waals surface area contributed by atoms with Crippen LogP contribution in [0.3, 0.4) is 0 Å². The van der Waals surface area contributed by atoms with E-state index in [1.807, 2.05) is 0 Å². The minimum absolute atomic E-state index is 0.0579. The van der Waals surface area contributed by atoms with Gasteiger partial charge in [-0.1, -0.05) is 11.6 Å². The lowest BCUT2D eigenvalue weighted by Crippen LogP contribution is -2.08. The molecule has 0 aromatic heterocycles. The summed E-state index contributed by atoms with van der Waals surface area (Å²) < 4.78 is 0. The lowest BCUT2D eigenvalue weighted by Gasteiger charge is -2.09. The van der Waals surface area contributed by atoms with Crippen molar-refractivity contribution in [2.24, 2.45) is 5.73 Å². The SMILES string of the molecule is CC(N)c1c([N+](=O)[O-])ccc(Cl)c1O. The van der Waals surface area contributed by atoms with E-state index in [1.54, 1.807) is 6.92 Å². The standard InChI is InChI=1S/C8H9ClN2O3/c1-4(10)7-6(11(13)14)3-2-5(9)8(7)12/h2-4,12H,10H2,1H3. The quantitative estimate of drug-likeness (QED) is 0.584. The molecule has 0 heterocycles. The highest BCUT2D eigenvalue weighted by Crippen LogP contribution is 2.37. The molecule has 76 valence electrons. The molecule has 1 rings (SSSR count). The topological polar surface area (TPSA) is 89.4 Å². The van der Waals surface area contributed by atoms with E-state index >= 15 is 0 Å². The minimum atomic E-state index is -0.644. The number of hydrogen-bond donors (Lipinski definition) is 2. The number of benzene rings is 1. The van der Waals surface area contributed by atoms with Crippen LogP contribution in [0.5, 0.6) is 5.75 Å². The number of phenolic OH excluding ortho intramolecular Hbond substituents is 1. The largest absolute Gasteiger partial charge is 0.506 e. The maximum Gasteiger partial charge on any atom is 0.277 e. The van der Waals surface area contributed by atoms with Crippen molar-refractivity contribution >= 4 is 17.3 Å². The van der Waals surface area contributed by atoms with Crippen LogP contribution >= 0.6 is 11.6 Å². The molecule has 0 saturated heterocycles. The highest BCUT2D eigenvalue weighted by Gasteiger charge is 2.22. The van der Waals surface area contributed by atoms with E-state index in [-0.39, 0.29) is 22.0 Å². The second-order valence-electron chi connectivity index (χ2n) is 2.87. The predicted octanol–water partition coefficient (Wildman–Crippen LogP) is 1.97. The fourth-order valence-electron chi connectivity index (χ4n) is 1.18. The van der Waals surface area contributed by atoms with Crippen molar-refractivity contribution in [2.45, 2.75) is 13.0 Å². The third-order valence-electron chi connectivity index (χ3n) is 1.80. The van der Waals surface area contributed by atoms with E-state index < -0.39 is 11.0 Å². The van der Waals surface area contributed by atoms with Gasteiger partial charge in [-0.2, -0.15) is 0 Å². The van der Waals surface area contributed by atoms with Crippen LogP contribution in [0.2, 0.25) is 5.02 Å². The van der Waals surface area contributed by atoms with E-state index in [2.05, 4.69) is 0 Å². The highest BCUT2D eigenvalue weighted by molar-refractivity contribution is 6.32. The minimum Gasteiger partial charge on any atom is -0.506 e. The molecule has 3 N–H and O–H groups in total. The third kappa shape index (κ3) is 1.78. The first-order valence-corrected chi connectivity index (χ1v) is 4.24. The summed E-state index contributed by atoms with van der Waals surface area (Å²) in [5.74, 6) is -0.323. The van der Waals surface area contributed by atoms with E-state index in [0.29, 0.717) is 0 Å². The van der Waals surface area contributed by atoms with Crippen LogP contribution < -0.4 is 5.73 Å². The molecule has 0 amide bonds. The molecular weight excluding hydrogens is 208 g/mol. The monoisotopic (exact) mass is 216 g/mol. The van der Waals surface area contributed by atoms with Crippen LogP contribution in [0.15, 0.2) is 12.1 Å². The maximum atomic E-state index is 10.6. The summed E-state index contributed by atoms with van der Waals surface area (Å²) in [6.45, 7) is 1.54. The normalized spacial score (nSPS) is 12.5. The lowest BCUT2D eigenvalue weighted by molar-refractivity contribution is -0.385. The van der Waals surface area contributed by atoms with Gasteiger partial charge in [-0.05, 0) is 13.0 Å². The van der Waals surface area contributed by atoms with E-state index in [0.717, 1.165) is 0 Å². The van der Waals surface area contributed by atoms with Crippen molar-refractivity contribution in [2.75, 3.05) is 0 Å². The Balaban J connectivity index is 3.45. The summed E-state index contributed by atoms with van der Waals surface area (Å²) in [5, 5.41) is 20.1. The average Bonchev–Trinajstić information content (AvgIpc) is 2.08. The Kier molecular flexibility index (Phi) is 2.93. The van der Waals surface area contributed by atoms with Gasteiger partial charge >= 0.3 is 0 Å². The van der Waals surface area contributed by atoms with Crippen LogP contribution in [0.25, 0.3) is 0 Å². The second-order valence-corrected chi connectivity index (χ2v) is 3.28. The van der Waals surface area contributed by atoms with Crippen LogP contribution in [-0.4, -0.2) is 10.0 Å². The number of hydrogen-bond acceptors (Lipinski definition) is 4. The zero-order chi connectivity index (χ0) is 10.9. The molecule has 0 fully saturated rings. The summed E-state index contributed by atoms with van der Waals surface area (Å²) in [6, 6.07) is 1.84. The van der Waals surface area contributed by atoms with Crippen LogP contribution in [0.1, 0.15) is 18.5 Å². The first kappa shape index (κ1) is 10.7. The first-order chi connectivity index (χ1) is 6.45. The van der Waals surface area contributed by atoms with Gasteiger partial charge in [0.15, 0.2) is 0 Å². The summed E-state index contributed by atoms with van der Waals surface area (Å²) in [6.07, 6.45) is 0. The molecule has 6 heteroatoms. The molecule has 0 aliphatic rings. The fourth-order valence-corrected chi connectivity index (χ4v) is 1.34. The first-order valence-electron chi connectivity index (χ1n) is 3.86. The van der Waals surface area contributed by atoms with Crippen molar-refractivity contribution in [3.63, 3.8) is 0 Å². The van der Waals surface area contributed by atoms with Crippen molar-refractivity contribution in [3.05, 3.63) is 32.8 Å². The summed E-state index contributed by atoms with van der Waals surface area (Å²) in [5.41, 5.74) is 5.34. The maximum absolute atomic E-state index is 10.6. The Morgan fingerprint density at radius 3 is 2.64 bits per heavy atom. The fraction of sp³-hybridized carbons (Fsp3) is 0.250. The number of nitrogens with zero attached hydrogens (tertiary/aromatic N) is 1. The van der Waals surface area contributed by atoms with E-state index in [4.69, 9.17) is 17.3 Å². The molecule has 1 aromatic carbocycles. The van der Waals surface area contributed by atoms with Crippen LogP contribution in [0.4, 0.5) is 5.69 Å². The number of phenols is 1. The Hall–Kier alpha value is -1.33. The van der Waals surface area contributed by atoms with E-state index in [9.17, 15) is 15.2 Å². The molecular formula is C8H9ClN2O3. The smallest absolute Gasteiger partial charge is 0.277 e. The van der Waals surface area contributed by atoms with Gasteiger partial charge < -0.3 is 10.8 Å². The third-order valence-corrected chi connectivity index (χ3v) is 2.10. The van der Waals surface area contributed by atoms with Crippen molar-refractivity contribution in [1.29, 1.82) is 0 Å². The molecule has 0 saturated carbocycles. The summed E-state index contributed by atoms with van der Waals surface area (Å²) in [7, 11) is 0.